The standard InChI is InChI=1S/C15H31NO3/c1-14(2)16-12-15(6-4-9-19-13-15)7-11-18-10-5-8-17-3/h14,16H,4-13H2,1-3H3. The molecule has 0 aromatic heterocycles. The van der Waals surface area contributed by atoms with Gasteiger partial charge < -0.3 is 19.5 Å². The van der Waals surface area contributed by atoms with Crippen molar-refractivity contribution in [3.63, 3.8) is 0 Å². The van der Waals surface area contributed by atoms with E-state index in [-0.39, 0.29) is 5.41 Å². The average Bonchev–Trinajstić information content (AvgIpc) is 2.42. The highest BCUT2D eigenvalue weighted by molar-refractivity contribution is 4.84. The zero-order chi connectivity index (χ0) is 14.0. The quantitative estimate of drug-likeness (QED) is 0.620. The van der Waals surface area contributed by atoms with Crippen molar-refractivity contribution in [2.45, 2.75) is 45.6 Å². The molecule has 1 N–H and O–H groups in total. The van der Waals surface area contributed by atoms with Crippen LogP contribution in [-0.2, 0) is 14.2 Å². The molecule has 0 aromatic rings. The molecular weight excluding hydrogens is 242 g/mol. The van der Waals surface area contributed by atoms with E-state index in [9.17, 15) is 0 Å². The first-order chi connectivity index (χ1) is 9.18. The molecular formula is C15H31NO3. The number of hydrogen-bond donors (Lipinski definition) is 1. The zero-order valence-electron chi connectivity index (χ0n) is 12.9. The summed E-state index contributed by atoms with van der Waals surface area (Å²) >= 11 is 0. The molecule has 0 aromatic carbocycles. The monoisotopic (exact) mass is 273 g/mol. The summed E-state index contributed by atoms with van der Waals surface area (Å²) in [5, 5.41) is 3.56. The lowest BCUT2D eigenvalue weighted by atomic mass is 9.79. The summed E-state index contributed by atoms with van der Waals surface area (Å²) in [6, 6.07) is 0.529. The molecule has 0 bridgehead atoms. The maximum atomic E-state index is 5.71. The highest BCUT2D eigenvalue weighted by atomic mass is 16.5. The summed E-state index contributed by atoms with van der Waals surface area (Å²) in [4.78, 5) is 0. The molecule has 0 saturated carbocycles. The van der Waals surface area contributed by atoms with Crippen LogP contribution in [0, 0.1) is 5.41 Å². The first kappa shape index (κ1) is 16.9. The van der Waals surface area contributed by atoms with Gasteiger partial charge in [-0.25, -0.2) is 0 Å². The molecule has 1 saturated heterocycles. The number of rotatable bonds is 10. The second-order valence-corrected chi connectivity index (χ2v) is 5.90. The van der Waals surface area contributed by atoms with E-state index in [2.05, 4.69) is 19.2 Å². The molecule has 114 valence electrons. The molecule has 1 aliphatic heterocycles. The van der Waals surface area contributed by atoms with Crippen molar-refractivity contribution >= 4 is 0 Å². The summed E-state index contributed by atoms with van der Waals surface area (Å²) < 4.78 is 16.4. The number of nitrogens with one attached hydrogen (secondary N) is 1. The number of ether oxygens (including phenoxy) is 3. The third-order valence-electron chi connectivity index (χ3n) is 3.70. The largest absolute Gasteiger partial charge is 0.385 e. The van der Waals surface area contributed by atoms with Crippen LogP contribution in [0.25, 0.3) is 0 Å². The highest BCUT2D eigenvalue weighted by Crippen LogP contribution is 2.31. The Kier molecular flexibility index (Phi) is 8.62. The summed E-state index contributed by atoms with van der Waals surface area (Å²) in [7, 11) is 1.73. The Labute approximate surface area is 118 Å². The minimum absolute atomic E-state index is 0.268. The fraction of sp³-hybridized carbons (Fsp3) is 1.00. The lowest BCUT2D eigenvalue weighted by Gasteiger charge is -2.38. The van der Waals surface area contributed by atoms with E-state index in [1.54, 1.807) is 7.11 Å². The molecule has 4 nitrogen and oxygen atoms in total. The first-order valence-corrected chi connectivity index (χ1v) is 7.56. The van der Waals surface area contributed by atoms with E-state index < -0.39 is 0 Å². The van der Waals surface area contributed by atoms with Gasteiger partial charge in [-0.1, -0.05) is 13.8 Å². The smallest absolute Gasteiger partial charge is 0.0535 e. The van der Waals surface area contributed by atoms with Gasteiger partial charge in [0.05, 0.1) is 6.61 Å². The zero-order valence-corrected chi connectivity index (χ0v) is 12.9. The normalized spacial score (nSPS) is 24.0. The Bertz CT molecular complexity index is 215. The van der Waals surface area contributed by atoms with Gasteiger partial charge in [0.1, 0.15) is 0 Å². The average molecular weight is 273 g/mol. The van der Waals surface area contributed by atoms with Gasteiger partial charge in [0.15, 0.2) is 0 Å². The lowest BCUT2D eigenvalue weighted by Crippen LogP contribution is -2.43. The maximum Gasteiger partial charge on any atom is 0.0535 e. The van der Waals surface area contributed by atoms with Crippen LogP contribution >= 0.6 is 0 Å². The predicted molar refractivity (Wildman–Crippen MR) is 77.6 cm³/mol. The Morgan fingerprint density at radius 2 is 2.11 bits per heavy atom. The molecule has 0 aliphatic carbocycles. The second-order valence-electron chi connectivity index (χ2n) is 5.90. The Balaban J connectivity index is 2.24. The van der Waals surface area contributed by atoms with E-state index >= 15 is 0 Å². The summed E-state index contributed by atoms with van der Waals surface area (Å²) in [5.41, 5.74) is 0.268. The molecule has 0 radical (unpaired) electrons. The van der Waals surface area contributed by atoms with Crippen molar-refractivity contribution in [2.75, 3.05) is 46.7 Å². The Hall–Kier alpha value is -0.160. The molecule has 1 rings (SSSR count). The van der Waals surface area contributed by atoms with Crippen LogP contribution in [0.15, 0.2) is 0 Å². The number of hydrogen-bond acceptors (Lipinski definition) is 4. The van der Waals surface area contributed by atoms with Crippen LogP contribution in [0.4, 0.5) is 0 Å². The molecule has 0 amide bonds. The van der Waals surface area contributed by atoms with Crippen LogP contribution in [0.1, 0.15) is 39.5 Å². The van der Waals surface area contributed by atoms with Gasteiger partial charge in [-0.05, 0) is 25.7 Å². The lowest BCUT2D eigenvalue weighted by molar-refractivity contribution is -0.0288. The van der Waals surface area contributed by atoms with Gasteiger partial charge in [-0.2, -0.15) is 0 Å². The van der Waals surface area contributed by atoms with Gasteiger partial charge >= 0.3 is 0 Å². The minimum Gasteiger partial charge on any atom is -0.385 e. The molecule has 1 unspecified atom stereocenters. The highest BCUT2D eigenvalue weighted by Gasteiger charge is 2.32. The fourth-order valence-corrected chi connectivity index (χ4v) is 2.45. The predicted octanol–water partition coefficient (Wildman–Crippen LogP) is 2.22. The van der Waals surface area contributed by atoms with Gasteiger partial charge in [0.2, 0.25) is 0 Å². The fourth-order valence-electron chi connectivity index (χ4n) is 2.45. The minimum atomic E-state index is 0.268. The Morgan fingerprint density at radius 3 is 2.74 bits per heavy atom. The van der Waals surface area contributed by atoms with Crippen molar-refractivity contribution in [2.24, 2.45) is 5.41 Å². The second kappa shape index (κ2) is 9.70. The van der Waals surface area contributed by atoms with Crippen LogP contribution in [0.5, 0.6) is 0 Å². The maximum absolute atomic E-state index is 5.71. The van der Waals surface area contributed by atoms with Crippen LogP contribution in [-0.4, -0.2) is 52.7 Å². The molecule has 1 fully saturated rings. The van der Waals surface area contributed by atoms with Crippen molar-refractivity contribution in [3.05, 3.63) is 0 Å². The number of methoxy groups -OCH3 is 1. The van der Waals surface area contributed by atoms with Crippen molar-refractivity contribution in [1.29, 1.82) is 0 Å². The SMILES string of the molecule is COCCCOCCC1(CNC(C)C)CCCOC1. The van der Waals surface area contributed by atoms with E-state index in [4.69, 9.17) is 14.2 Å². The molecule has 4 heteroatoms. The van der Waals surface area contributed by atoms with Crippen molar-refractivity contribution < 1.29 is 14.2 Å². The van der Waals surface area contributed by atoms with E-state index in [0.717, 1.165) is 52.4 Å². The molecule has 0 spiro atoms. The van der Waals surface area contributed by atoms with Crippen molar-refractivity contribution in [3.8, 4) is 0 Å². The van der Waals surface area contributed by atoms with E-state index in [0.29, 0.717) is 6.04 Å². The Morgan fingerprint density at radius 1 is 1.26 bits per heavy atom. The van der Waals surface area contributed by atoms with Crippen molar-refractivity contribution in [1.82, 2.24) is 5.32 Å². The van der Waals surface area contributed by atoms with E-state index in [1.165, 1.54) is 12.8 Å². The van der Waals surface area contributed by atoms with Gasteiger partial charge in [0.25, 0.3) is 0 Å². The van der Waals surface area contributed by atoms with Gasteiger partial charge in [0, 0.05) is 51.5 Å². The van der Waals surface area contributed by atoms with Crippen LogP contribution in [0.2, 0.25) is 0 Å². The van der Waals surface area contributed by atoms with Gasteiger partial charge in [-0.3, -0.25) is 0 Å². The van der Waals surface area contributed by atoms with Crippen LogP contribution in [0.3, 0.4) is 0 Å². The van der Waals surface area contributed by atoms with Crippen LogP contribution < -0.4 is 5.32 Å². The third kappa shape index (κ3) is 7.25. The summed E-state index contributed by atoms with van der Waals surface area (Å²) in [6.45, 7) is 9.61. The summed E-state index contributed by atoms with van der Waals surface area (Å²) in [5.74, 6) is 0. The topological polar surface area (TPSA) is 39.7 Å². The molecule has 19 heavy (non-hydrogen) atoms. The summed E-state index contributed by atoms with van der Waals surface area (Å²) in [6.07, 6.45) is 4.47. The molecule has 1 aliphatic rings. The molecule has 1 heterocycles. The molecule has 1 atom stereocenters. The van der Waals surface area contributed by atoms with Gasteiger partial charge in [-0.15, -0.1) is 0 Å². The first-order valence-electron chi connectivity index (χ1n) is 7.56. The van der Waals surface area contributed by atoms with E-state index in [1.807, 2.05) is 0 Å². The third-order valence-corrected chi connectivity index (χ3v) is 3.70.